The summed E-state index contributed by atoms with van der Waals surface area (Å²) < 4.78 is 5.43. The summed E-state index contributed by atoms with van der Waals surface area (Å²) >= 11 is 1.78. The van der Waals surface area contributed by atoms with E-state index in [1.807, 2.05) is 37.3 Å². The molecular formula is C23H26N6OS. The van der Waals surface area contributed by atoms with Crippen molar-refractivity contribution >= 4 is 29.4 Å². The zero-order valence-electron chi connectivity index (χ0n) is 17.7. The summed E-state index contributed by atoms with van der Waals surface area (Å²) in [5.74, 6) is -0.456. The molecule has 31 heavy (non-hydrogen) atoms. The number of nitrogen functional groups attached to an aromatic ring is 1. The van der Waals surface area contributed by atoms with E-state index >= 15 is 0 Å². The average Bonchev–Trinajstić information content (AvgIpc) is 2.74. The van der Waals surface area contributed by atoms with E-state index in [1.54, 1.807) is 36.2 Å². The average molecular weight is 435 g/mol. The highest BCUT2D eigenvalue weighted by molar-refractivity contribution is 7.99. The van der Waals surface area contributed by atoms with Crippen molar-refractivity contribution in [3.63, 3.8) is 0 Å². The first-order chi connectivity index (χ1) is 14.7. The van der Waals surface area contributed by atoms with Gasteiger partial charge in [-0.3, -0.25) is 10.8 Å². The van der Waals surface area contributed by atoms with E-state index in [0.29, 0.717) is 16.5 Å². The molecule has 0 amide bonds. The first kappa shape index (κ1) is 22.5. The van der Waals surface area contributed by atoms with E-state index in [0.717, 1.165) is 11.1 Å². The summed E-state index contributed by atoms with van der Waals surface area (Å²) in [6.07, 6.45) is 1.56. The smallest absolute Gasteiger partial charge is 0.243 e. The van der Waals surface area contributed by atoms with Gasteiger partial charge >= 0.3 is 0 Å². The number of ether oxygens (including phenoxy) is 1. The maximum Gasteiger partial charge on any atom is 0.243 e. The molecule has 0 radical (unpaired) electrons. The van der Waals surface area contributed by atoms with Crippen LogP contribution >= 0.6 is 11.8 Å². The summed E-state index contributed by atoms with van der Waals surface area (Å²) in [5.41, 5.74) is 14.8. The number of benzene rings is 2. The van der Waals surface area contributed by atoms with Crippen LogP contribution in [-0.2, 0) is 4.74 Å². The Kier molecular flexibility index (Phi) is 7.04. The fourth-order valence-electron chi connectivity index (χ4n) is 2.85. The van der Waals surface area contributed by atoms with Gasteiger partial charge in [-0.25, -0.2) is 9.97 Å². The van der Waals surface area contributed by atoms with Crippen LogP contribution in [-0.4, -0.2) is 27.0 Å². The molecule has 6 N–H and O–H groups in total. The van der Waals surface area contributed by atoms with E-state index in [2.05, 4.69) is 23.8 Å². The Labute approximate surface area is 186 Å². The lowest BCUT2D eigenvalue weighted by atomic mass is 10.1. The molecule has 1 aromatic heterocycles. The molecule has 0 aliphatic heterocycles. The van der Waals surface area contributed by atoms with Crippen molar-refractivity contribution in [1.82, 2.24) is 9.97 Å². The monoisotopic (exact) mass is 434 g/mol. The molecule has 0 bridgehead atoms. The Morgan fingerprint density at radius 3 is 2.39 bits per heavy atom. The van der Waals surface area contributed by atoms with Crippen LogP contribution in [0.15, 0.2) is 59.6 Å². The fourth-order valence-corrected chi connectivity index (χ4v) is 3.69. The van der Waals surface area contributed by atoms with E-state index in [1.165, 1.54) is 4.90 Å². The summed E-state index contributed by atoms with van der Waals surface area (Å²) in [6.45, 7) is 6.15. The van der Waals surface area contributed by atoms with Crippen molar-refractivity contribution in [3.8, 4) is 11.3 Å². The predicted octanol–water partition coefficient (Wildman–Crippen LogP) is 4.61. The molecule has 2 aromatic carbocycles. The second kappa shape index (κ2) is 9.72. The molecule has 1 heterocycles. The summed E-state index contributed by atoms with van der Waals surface area (Å²) in [4.78, 5) is 9.80. The van der Waals surface area contributed by atoms with Gasteiger partial charge in [-0.1, -0.05) is 38.1 Å². The molecule has 1 unspecified atom stereocenters. The number of nitrogens with two attached hydrogens (primary N) is 2. The lowest BCUT2D eigenvalue weighted by molar-refractivity contribution is 0.535. The molecule has 3 aromatic rings. The lowest BCUT2D eigenvalue weighted by Crippen LogP contribution is -2.17. The van der Waals surface area contributed by atoms with Crippen LogP contribution in [0, 0.1) is 10.8 Å². The Balaban J connectivity index is 1.80. The van der Waals surface area contributed by atoms with Gasteiger partial charge in [0.25, 0.3) is 0 Å². The van der Waals surface area contributed by atoms with E-state index in [4.69, 9.17) is 27.0 Å². The maximum absolute atomic E-state index is 8.29. The van der Waals surface area contributed by atoms with Gasteiger partial charge in [-0.05, 0) is 36.8 Å². The van der Waals surface area contributed by atoms with E-state index < -0.39 is 0 Å². The van der Waals surface area contributed by atoms with Crippen molar-refractivity contribution in [2.24, 2.45) is 5.73 Å². The second-order valence-corrected chi connectivity index (χ2v) is 9.00. The Hall–Kier alpha value is -3.23. The SMILES string of the molecule is CC(C)Sc1ccc(-c2cnc(N)c(C(=N)OC(=N)c3cccc(C(C)N)c3)n2)cc1. The molecule has 0 saturated heterocycles. The first-order valence-corrected chi connectivity index (χ1v) is 10.7. The number of thioether (sulfide) groups is 1. The van der Waals surface area contributed by atoms with E-state index in [-0.39, 0.29) is 29.3 Å². The topological polar surface area (TPSA) is 135 Å². The Bertz CT molecular complexity index is 1100. The van der Waals surface area contributed by atoms with Crippen LogP contribution in [0.25, 0.3) is 11.3 Å². The number of anilines is 1. The number of hydrogen-bond donors (Lipinski definition) is 4. The standard InChI is InChI=1S/C23H26N6OS/c1-13(2)31-18-9-7-15(8-10-18)19-12-28-21(25)20(29-19)23(27)30-22(26)17-6-4-5-16(11-17)14(3)24/h4-14,26-27H,24H2,1-3H3,(H2,25,28). The molecular weight excluding hydrogens is 408 g/mol. The number of aromatic nitrogens is 2. The fraction of sp³-hybridized carbons (Fsp3) is 0.217. The molecule has 0 spiro atoms. The molecule has 1 atom stereocenters. The highest BCUT2D eigenvalue weighted by atomic mass is 32.2. The molecule has 0 aliphatic rings. The lowest BCUT2D eigenvalue weighted by Gasteiger charge is -2.12. The molecule has 8 heteroatoms. The highest BCUT2D eigenvalue weighted by Crippen LogP contribution is 2.26. The predicted molar refractivity (Wildman–Crippen MR) is 127 cm³/mol. The van der Waals surface area contributed by atoms with Gasteiger partial charge in [-0.2, -0.15) is 0 Å². The molecule has 3 rings (SSSR count). The highest BCUT2D eigenvalue weighted by Gasteiger charge is 2.16. The Morgan fingerprint density at radius 1 is 1.03 bits per heavy atom. The van der Waals surface area contributed by atoms with Crippen molar-refractivity contribution < 1.29 is 4.74 Å². The molecule has 0 saturated carbocycles. The van der Waals surface area contributed by atoms with Crippen LogP contribution in [0.5, 0.6) is 0 Å². The minimum absolute atomic E-state index is 0.0675. The minimum Gasteiger partial charge on any atom is -0.419 e. The Morgan fingerprint density at radius 2 is 1.74 bits per heavy atom. The summed E-state index contributed by atoms with van der Waals surface area (Å²) in [6, 6.07) is 15.0. The van der Waals surface area contributed by atoms with Crippen LogP contribution < -0.4 is 11.5 Å². The maximum atomic E-state index is 8.29. The van der Waals surface area contributed by atoms with E-state index in [9.17, 15) is 0 Å². The first-order valence-electron chi connectivity index (χ1n) is 9.85. The minimum atomic E-state index is -0.338. The van der Waals surface area contributed by atoms with Gasteiger partial charge < -0.3 is 16.2 Å². The van der Waals surface area contributed by atoms with Crippen LogP contribution in [0.4, 0.5) is 5.82 Å². The number of nitrogens with zero attached hydrogens (tertiary/aromatic N) is 2. The van der Waals surface area contributed by atoms with Gasteiger partial charge in [-0.15, -0.1) is 11.8 Å². The quantitative estimate of drug-likeness (QED) is 0.254. The molecule has 160 valence electrons. The van der Waals surface area contributed by atoms with Gasteiger partial charge in [0, 0.05) is 27.3 Å². The summed E-state index contributed by atoms with van der Waals surface area (Å²) in [7, 11) is 0. The number of hydrogen-bond acceptors (Lipinski definition) is 8. The zero-order valence-corrected chi connectivity index (χ0v) is 18.5. The van der Waals surface area contributed by atoms with Crippen molar-refractivity contribution in [2.75, 3.05) is 5.73 Å². The molecule has 0 fully saturated rings. The van der Waals surface area contributed by atoms with Gasteiger partial charge in [0.1, 0.15) is 0 Å². The second-order valence-electron chi connectivity index (χ2n) is 7.35. The molecule has 0 aliphatic carbocycles. The van der Waals surface area contributed by atoms with Gasteiger partial charge in [0.15, 0.2) is 11.5 Å². The van der Waals surface area contributed by atoms with Gasteiger partial charge in [0.05, 0.1) is 11.9 Å². The number of rotatable bonds is 6. The normalized spacial score (nSPS) is 11.9. The zero-order chi connectivity index (χ0) is 22.5. The van der Waals surface area contributed by atoms with Crippen molar-refractivity contribution in [3.05, 3.63) is 71.5 Å². The largest absolute Gasteiger partial charge is 0.419 e. The van der Waals surface area contributed by atoms with Crippen LogP contribution in [0.3, 0.4) is 0 Å². The van der Waals surface area contributed by atoms with Crippen LogP contribution in [0.1, 0.15) is 43.6 Å². The third-order valence-electron chi connectivity index (χ3n) is 4.42. The molecule has 7 nitrogen and oxygen atoms in total. The van der Waals surface area contributed by atoms with Gasteiger partial charge in [0.2, 0.25) is 11.8 Å². The summed E-state index contributed by atoms with van der Waals surface area (Å²) in [5, 5.41) is 17.0. The van der Waals surface area contributed by atoms with Crippen LogP contribution in [0.2, 0.25) is 0 Å². The van der Waals surface area contributed by atoms with Crippen molar-refractivity contribution in [2.45, 2.75) is 37.0 Å². The number of nitrogens with one attached hydrogen (secondary N) is 2. The third-order valence-corrected chi connectivity index (χ3v) is 5.43. The van der Waals surface area contributed by atoms with Crippen molar-refractivity contribution in [1.29, 1.82) is 10.8 Å². The third kappa shape index (κ3) is 5.68.